The Balaban J connectivity index is 0.00000240. The Hall–Kier alpha value is -2.30. The van der Waals surface area contributed by atoms with Gasteiger partial charge in [0.05, 0.1) is 0 Å². The molecule has 5 heteroatoms. The molecule has 2 N–H and O–H groups in total. The first-order chi connectivity index (χ1) is 13.8. The lowest BCUT2D eigenvalue weighted by Gasteiger charge is -2.32. The van der Waals surface area contributed by atoms with Crippen molar-refractivity contribution in [2.45, 2.75) is 38.1 Å². The van der Waals surface area contributed by atoms with E-state index >= 15 is 0 Å². The van der Waals surface area contributed by atoms with E-state index < -0.39 is 0 Å². The van der Waals surface area contributed by atoms with E-state index in [9.17, 15) is 4.79 Å². The van der Waals surface area contributed by atoms with Crippen LogP contribution in [0.5, 0.6) is 0 Å². The molecule has 1 aliphatic heterocycles. The van der Waals surface area contributed by atoms with Gasteiger partial charge in [-0.15, -0.1) is 12.4 Å². The number of hydrogen-bond acceptors (Lipinski definition) is 2. The number of amides is 1. The number of aromatic amines is 1. The summed E-state index contributed by atoms with van der Waals surface area (Å²) in [6.07, 6.45) is 6.69. The number of aromatic nitrogens is 1. The highest BCUT2D eigenvalue weighted by molar-refractivity contribution is 5.85. The molecule has 1 saturated heterocycles. The number of carbonyl (C=O) groups excluding carboxylic acids is 1. The zero-order valence-electron chi connectivity index (χ0n) is 16.8. The van der Waals surface area contributed by atoms with Gasteiger partial charge in [-0.1, -0.05) is 48.5 Å². The predicted octanol–water partition coefficient (Wildman–Crippen LogP) is 4.35. The second-order valence-corrected chi connectivity index (χ2v) is 7.78. The molecule has 1 fully saturated rings. The van der Waals surface area contributed by atoms with Gasteiger partial charge in [0.1, 0.15) is 0 Å². The van der Waals surface area contributed by atoms with E-state index in [1.165, 1.54) is 22.0 Å². The lowest BCUT2D eigenvalue weighted by Crippen LogP contribution is -2.45. The molecule has 0 saturated carbocycles. The van der Waals surface area contributed by atoms with Crippen molar-refractivity contribution >= 4 is 29.2 Å². The number of halogens is 1. The monoisotopic (exact) mass is 411 g/mol. The minimum Gasteiger partial charge on any atom is -0.361 e. The third kappa shape index (κ3) is 5.84. The predicted molar refractivity (Wildman–Crippen MR) is 122 cm³/mol. The molecule has 0 aliphatic carbocycles. The highest BCUT2D eigenvalue weighted by Crippen LogP contribution is 2.19. The minimum absolute atomic E-state index is 0. The molecule has 0 unspecified atom stereocenters. The van der Waals surface area contributed by atoms with Gasteiger partial charge in [0.25, 0.3) is 0 Å². The van der Waals surface area contributed by atoms with Crippen LogP contribution in [0.1, 0.15) is 30.4 Å². The Kier molecular flexibility index (Phi) is 7.73. The summed E-state index contributed by atoms with van der Waals surface area (Å²) in [5, 5.41) is 4.57. The number of nitrogens with zero attached hydrogens (tertiary/aromatic N) is 1. The summed E-state index contributed by atoms with van der Waals surface area (Å²) in [5.74, 6) is 0.182. The minimum atomic E-state index is 0. The fraction of sp³-hybridized carbons (Fsp3) is 0.375. The molecule has 154 valence electrons. The van der Waals surface area contributed by atoms with Gasteiger partial charge < -0.3 is 15.2 Å². The number of rotatable bonds is 7. The van der Waals surface area contributed by atoms with Crippen LogP contribution in [0.25, 0.3) is 10.9 Å². The molecule has 3 aromatic rings. The Morgan fingerprint density at radius 1 is 1.00 bits per heavy atom. The summed E-state index contributed by atoms with van der Waals surface area (Å²) in [7, 11) is 0. The molecular formula is C24H30ClN3O. The smallest absolute Gasteiger partial charge is 0.220 e. The largest absolute Gasteiger partial charge is 0.361 e. The highest BCUT2D eigenvalue weighted by atomic mass is 35.5. The van der Waals surface area contributed by atoms with Crippen LogP contribution in [0.15, 0.2) is 60.8 Å². The number of likely N-dealkylation sites (tertiary alicyclic amines) is 1. The Bertz CT molecular complexity index is 901. The van der Waals surface area contributed by atoms with Crippen LogP contribution in [-0.4, -0.2) is 41.5 Å². The van der Waals surface area contributed by atoms with Gasteiger partial charge in [-0.25, -0.2) is 0 Å². The average Bonchev–Trinajstić information content (AvgIpc) is 3.16. The van der Waals surface area contributed by atoms with Crippen molar-refractivity contribution in [1.29, 1.82) is 0 Å². The number of benzene rings is 2. The van der Waals surface area contributed by atoms with E-state index in [1.807, 2.05) is 18.2 Å². The third-order valence-electron chi connectivity index (χ3n) is 5.81. The van der Waals surface area contributed by atoms with Gasteiger partial charge in [-0.2, -0.15) is 0 Å². The van der Waals surface area contributed by atoms with Crippen molar-refractivity contribution in [2.75, 3.05) is 19.6 Å². The van der Waals surface area contributed by atoms with Gasteiger partial charge in [-0.3, -0.25) is 4.79 Å². The summed E-state index contributed by atoms with van der Waals surface area (Å²) >= 11 is 0. The fourth-order valence-corrected chi connectivity index (χ4v) is 4.12. The maximum absolute atomic E-state index is 12.2. The number of H-pyrrole nitrogens is 1. The van der Waals surface area contributed by atoms with Crippen LogP contribution in [0.3, 0.4) is 0 Å². The van der Waals surface area contributed by atoms with Crippen LogP contribution in [0.2, 0.25) is 0 Å². The lowest BCUT2D eigenvalue weighted by molar-refractivity contribution is -0.122. The Labute approximate surface area is 179 Å². The van der Waals surface area contributed by atoms with E-state index in [-0.39, 0.29) is 18.3 Å². The fourth-order valence-electron chi connectivity index (χ4n) is 4.12. The maximum atomic E-state index is 12.2. The number of carbonyl (C=O) groups is 1. The van der Waals surface area contributed by atoms with E-state index in [2.05, 4.69) is 57.8 Å². The Morgan fingerprint density at radius 3 is 2.52 bits per heavy atom. The Morgan fingerprint density at radius 2 is 1.72 bits per heavy atom. The molecule has 2 aromatic carbocycles. The molecule has 1 aromatic heterocycles. The first kappa shape index (κ1) is 21.4. The molecule has 0 radical (unpaired) electrons. The van der Waals surface area contributed by atoms with Crippen molar-refractivity contribution in [3.05, 3.63) is 71.9 Å². The van der Waals surface area contributed by atoms with Crippen molar-refractivity contribution in [2.24, 2.45) is 0 Å². The number of fused-ring (bicyclic) bond motifs is 1. The summed E-state index contributed by atoms with van der Waals surface area (Å²) in [6.45, 7) is 3.20. The first-order valence-corrected chi connectivity index (χ1v) is 10.4. The highest BCUT2D eigenvalue weighted by Gasteiger charge is 2.20. The normalized spacial score (nSPS) is 15.2. The van der Waals surface area contributed by atoms with E-state index in [4.69, 9.17) is 0 Å². The second kappa shape index (κ2) is 10.5. The summed E-state index contributed by atoms with van der Waals surface area (Å²) < 4.78 is 0. The van der Waals surface area contributed by atoms with Crippen LogP contribution < -0.4 is 5.32 Å². The SMILES string of the molecule is Cl.O=C(CCc1ccccc1)NC1CCN(CCc2c[nH]c3ccccc23)CC1. The van der Waals surface area contributed by atoms with Gasteiger partial charge in [0.15, 0.2) is 0 Å². The van der Waals surface area contributed by atoms with Gasteiger partial charge in [0.2, 0.25) is 5.91 Å². The zero-order valence-corrected chi connectivity index (χ0v) is 17.6. The van der Waals surface area contributed by atoms with Gasteiger partial charge in [-0.05, 0) is 42.9 Å². The van der Waals surface area contributed by atoms with Gasteiger partial charge >= 0.3 is 0 Å². The number of nitrogens with one attached hydrogen (secondary N) is 2. The van der Waals surface area contributed by atoms with E-state index in [0.29, 0.717) is 12.5 Å². The second-order valence-electron chi connectivity index (χ2n) is 7.78. The topological polar surface area (TPSA) is 48.1 Å². The molecule has 2 heterocycles. The summed E-state index contributed by atoms with van der Waals surface area (Å²) in [4.78, 5) is 18.1. The van der Waals surface area contributed by atoms with Crippen molar-refractivity contribution in [1.82, 2.24) is 15.2 Å². The van der Waals surface area contributed by atoms with Crippen LogP contribution in [0, 0.1) is 0 Å². The molecule has 0 bridgehead atoms. The van der Waals surface area contributed by atoms with Crippen LogP contribution in [0.4, 0.5) is 0 Å². The summed E-state index contributed by atoms with van der Waals surface area (Å²) in [6, 6.07) is 19.1. The molecule has 1 aliphatic rings. The number of para-hydroxylation sites is 1. The number of aryl methyl sites for hydroxylation is 1. The van der Waals surface area contributed by atoms with Gasteiger partial charge in [0, 0.05) is 49.2 Å². The summed E-state index contributed by atoms with van der Waals surface area (Å²) in [5.41, 5.74) is 3.84. The maximum Gasteiger partial charge on any atom is 0.220 e. The van der Waals surface area contributed by atoms with Crippen LogP contribution >= 0.6 is 12.4 Å². The molecule has 0 atom stereocenters. The third-order valence-corrected chi connectivity index (χ3v) is 5.81. The molecule has 4 nitrogen and oxygen atoms in total. The number of piperidine rings is 1. The first-order valence-electron chi connectivity index (χ1n) is 10.4. The van der Waals surface area contributed by atoms with Crippen molar-refractivity contribution in [3.8, 4) is 0 Å². The number of hydrogen-bond donors (Lipinski definition) is 2. The van der Waals surface area contributed by atoms with Crippen molar-refractivity contribution in [3.63, 3.8) is 0 Å². The van der Waals surface area contributed by atoms with Crippen LogP contribution in [-0.2, 0) is 17.6 Å². The van der Waals surface area contributed by atoms with Crippen molar-refractivity contribution < 1.29 is 4.79 Å². The lowest BCUT2D eigenvalue weighted by atomic mass is 10.0. The van der Waals surface area contributed by atoms with E-state index in [0.717, 1.165) is 45.3 Å². The standard InChI is InChI=1S/C24H29N3O.ClH/c28-24(11-10-19-6-2-1-3-7-19)26-21-13-16-27(17-14-21)15-12-20-18-25-23-9-5-4-8-22(20)23;/h1-9,18,21,25H,10-17H2,(H,26,28);1H. The average molecular weight is 412 g/mol. The zero-order chi connectivity index (χ0) is 19.2. The quantitative estimate of drug-likeness (QED) is 0.607. The molecule has 1 amide bonds. The molecule has 0 spiro atoms. The molecule has 4 rings (SSSR count). The molecular weight excluding hydrogens is 382 g/mol. The van der Waals surface area contributed by atoms with E-state index in [1.54, 1.807) is 0 Å². The molecule has 29 heavy (non-hydrogen) atoms.